The lowest BCUT2D eigenvalue weighted by molar-refractivity contribution is -0.146. The van der Waals surface area contributed by atoms with E-state index < -0.39 is 11.9 Å². The number of piperidine rings is 1. The van der Waals surface area contributed by atoms with Gasteiger partial charge in [-0.05, 0) is 25.7 Å². The van der Waals surface area contributed by atoms with Gasteiger partial charge in [-0.3, -0.25) is 9.59 Å². The Morgan fingerprint density at radius 3 is 2.76 bits per heavy atom. The molecule has 0 aliphatic carbocycles. The molecule has 0 aromatic carbocycles. The number of hydrogen-bond acceptors (Lipinski definition) is 3. The third-order valence-corrected chi connectivity index (χ3v) is 3.55. The van der Waals surface area contributed by atoms with E-state index in [2.05, 4.69) is 0 Å². The first kappa shape index (κ1) is 12.4. The summed E-state index contributed by atoms with van der Waals surface area (Å²) < 4.78 is 5.42. The predicted molar refractivity (Wildman–Crippen MR) is 60.5 cm³/mol. The van der Waals surface area contributed by atoms with Crippen molar-refractivity contribution in [1.29, 1.82) is 0 Å². The molecule has 2 unspecified atom stereocenters. The monoisotopic (exact) mass is 241 g/mol. The van der Waals surface area contributed by atoms with E-state index in [0.29, 0.717) is 25.9 Å². The van der Waals surface area contributed by atoms with Gasteiger partial charge in [-0.2, -0.15) is 0 Å². The molecule has 0 aromatic rings. The van der Waals surface area contributed by atoms with Crippen molar-refractivity contribution in [2.45, 2.75) is 38.2 Å². The van der Waals surface area contributed by atoms with Gasteiger partial charge in [0.15, 0.2) is 0 Å². The highest BCUT2D eigenvalue weighted by Crippen LogP contribution is 2.20. The zero-order valence-electron chi connectivity index (χ0n) is 9.93. The number of likely N-dealkylation sites (tertiary alicyclic amines) is 1. The Hall–Kier alpha value is -1.10. The first-order valence-corrected chi connectivity index (χ1v) is 6.29. The van der Waals surface area contributed by atoms with Crippen molar-refractivity contribution in [3.05, 3.63) is 0 Å². The van der Waals surface area contributed by atoms with Gasteiger partial charge in [0.2, 0.25) is 5.91 Å². The first-order chi connectivity index (χ1) is 8.16. The van der Waals surface area contributed by atoms with Crippen molar-refractivity contribution in [3.8, 4) is 0 Å². The maximum absolute atomic E-state index is 12.0. The number of carboxylic acids is 1. The van der Waals surface area contributed by atoms with Gasteiger partial charge < -0.3 is 14.7 Å². The number of carbonyl (C=O) groups is 2. The predicted octanol–water partition coefficient (Wildman–Crippen LogP) is 0.879. The normalized spacial score (nSPS) is 29.3. The van der Waals surface area contributed by atoms with E-state index in [-0.39, 0.29) is 12.0 Å². The molecule has 17 heavy (non-hydrogen) atoms. The largest absolute Gasteiger partial charge is 0.481 e. The summed E-state index contributed by atoms with van der Waals surface area (Å²) in [5.74, 6) is -1.14. The highest BCUT2D eigenvalue weighted by Gasteiger charge is 2.29. The molecule has 96 valence electrons. The number of rotatable bonds is 3. The molecular formula is C12H19NO4. The SMILES string of the molecule is O=C(O)C1CCCN(C(=O)CC2CCCO2)C1. The van der Waals surface area contributed by atoms with Crippen molar-refractivity contribution < 1.29 is 19.4 Å². The number of carbonyl (C=O) groups excluding carboxylic acids is 1. The Labute approximate surface area is 101 Å². The van der Waals surface area contributed by atoms with E-state index in [0.717, 1.165) is 25.9 Å². The van der Waals surface area contributed by atoms with E-state index in [9.17, 15) is 9.59 Å². The van der Waals surface area contributed by atoms with Gasteiger partial charge in [0.05, 0.1) is 18.4 Å². The molecule has 0 radical (unpaired) electrons. The molecule has 2 heterocycles. The quantitative estimate of drug-likeness (QED) is 0.796. The zero-order valence-corrected chi connectivity index (χ0v) is 9.93. The van der Waals surface area contributed by atoms with Crippen molar-refractivity contribution in [1.82, 2.24) is 4.90 Å². The van der Waals surface area contributed by atoms with Crippen molar-refractivity contribution in [2.75, 3.05) is 19.7 Å². The number of ether oxygens (including phenoxy) is 1. The summed E-state index contributed by atoms with van der Waals surface area (Å²) >= 11 is 0. The summed E-state index contributed by atoms with van der Waals surface area (Å²) in [5, 5.41) is 8.96. The molecule has 2 aliphatic rings. The van der Waals surface area contributed by atoms with Crippen molar-refractivity contribution >= 4 is 11.9 Å². The molecule has 0 aromatic heterocycles. The van der Waals surface area contributed by atoms with Crippen LogP contribution in [-0.2, 0) is 14.3 Å². The minimum atomic E-state index is -0.792. The Morgan fingerprint density at radius 1 is 1.29 bits per heavy atom. The van der Waals surface area contributed by atoms with Crippen LogP contribution >= 0.6 is 0 Å². The van der Waals surface area contributed by atoms with Gasteiger partial charge in [0, 0.05) is 19.7 Å². The summed E-state index contributed by atoms with van der Waals surface area (Å²) in [6, 6.07) is 0. The van der Waals surface area contributed by atoms with Crippen LogP contribution in [0.3, 0.4) is 0 Å². The summed E-state index contributed by atoms with van der Waals surface area (Å²) in [4.78, 5) is 24.6. The standard InChI is InChI=1S/C12H19NO4/c14-11(7-10-4-2-6-17-10)13-5-1-3-9(8-13)12(15)16/h9-10H,1-8H2,(H,15,16). The first-order valence-electron chi connectivity index (χ1n) is 6.29. The smallest absolute Gasteiger partial charge is 0.308 e. The Balaban J connectivity index is 1.83. The second kappa shape index (κ2) is 5.49. The molecule has 2 saturated heterocycles. The molecule has 0 spiro atoms. The highest BCUT2D eigenvalue weighted by atomic mass is 16.5. The molecule has 5 heteroatoms. The molecule has 1 amide bonds. The van der Waals surface area contributed by atoms with Crippen LogP contribution in [0.2, 0.25) is 0 Å². The number of aliphatic carboxylic acids is 1. The second-order valence-electron chi connectivity index (χ2n) is 4.86. The lowest BCUT2D eigenvalue weighted by atomic mass is 9.98. The summed E-state index contributed by atoms with van der Waals surface area (Å²) in [7, 11) is 0. The topological polar surface area (TPSA) is 66.8 Å². The van der Waals surface area contributed by atoms with Crippen molar-refractivity contribution in [3.63, 3.8) is 0 Å². The lowest BCUT2D eigenvalue weighted by Gasteiger charge is -2.31. The highest BCUT2D eigenvalue weighted by molar-refractivity contribution is 5.78. The molecular weight excluding hydrogens is 222 g/mol. The molecule has 2 rings (SSSR count). The van der Waals surface area contributed by atoms with Gasteiger partial charge in [-0.25, -0.2) is 0 Å². The number of carboxylic acid groups (broad SMARTS) is 1. The van der Waals surface area contributed by atoms with Crippen molar-refractivity contribution in [2.24, 2.45) is 5.92 Å². The lowest BCUT2D eigenvalue weighted by Crippen LogP contribution is -2.43. The molecule has 2 fully saturated rings. The second-order valence-corrected chi connectivity index (χ2v) is 4.86. The van der Waals surface area contributed by atoms with Crippen LogP contribution < -0.4 is 0 Å². The number of hydrogen-bond donors (Lipinski definition) is 1. The van der Waals surface area contributed by atoms with Crippen LogP contribution in [0, 0.1) is 5.92 Å². The van der Waals surface area contributed by atoms with Crippen LogP contribution in [0.15, 0.2) is 0 Å². The molecule has 5 nitrogen and oxygen atoms in total. The third-order valence-electron chi connectivity index (χ3n) is 3.55. The van der Waals surface area contributed by atoms with Gasteiger partial charge in [-0.1, -0.05) is 0 Å². The van der Waals surface area contributed by atoms with Crippen LogP contribution in [0.4, 0.5) is 0 Å². The fraction of sp³-hybridized carbons (Fsp3) is 0.833. The summed E-state index contributed by atoms with van der Waals surface area (Å²) in [5.41, 5.74) is 0. The van der Waals surface area contributed by atoms with Crippen LogP contribution in [-0.4, -0.2) is 47.7 Å². The maximum atomic E-state index is 12.0. The van der Waals surface area contributed by atoms with E-state index in [1.165, 1.54) is 0 Å². The molecule has 2 atom stereocenters. The Bertz CT molecular complexity index is 299. The molecule has 1 N–H and O–H groups in total. The van der Waals surface area contributed by atoms with E-state index in [1.807, 2.05) is 0 Å². The van der Waals surface area contributed by atoms with E-state index >= 15 is 0 Å². The molecule has 0 bridgehead atoms. The average Bonchev–Trinajstić information content (AvgIpc) is 2.82. The van der Waals surface area contributed by atoms with Crippen LogP contribution in [0.5, 0.6) is 0 Å². The van der Waals surface area contributed by atoms with Crippen LogP contribution in [0.1, 0.15) is 32.1 Å². The molecule has 2 aliphatic heterocycles. The van der Waals surface area contributed by atoms with Crippen LogP contribution in [0.25, 0.3) is 0 Å². The minimum absolute atomic E-state index is 0.0443. The third kappa shape index (κ3) is 3.19. The summed E-state index contributed by atoms with van der Waals surface area (Å²) in [6.07, 6.45) is 3.89. The maximum Gasteiger partial charge on any atom is 0.308 e. The molecule has 0 saturated carbocycles. The zero-order chi connectivity index (χ0) is 12.3. The van der Waals surface area contributed by atoms with Gasteiger partial charge in [0.1, 0.15) is 0 Å². The summed E-state index contributed by atoms with van der Waals surface area (Å²) in [6.45, 7) is 1.80. The number of amides is 1. The van der Waals surface area contributed by atoms with Gasteiger partial charge in [0.25, 0.3) is 0 Å². The fourth-order valence-corrected chi connectivity index (χ4v) is 2.53. The van der Waals surface area contributed by atoms with Gasteiger partial charge >= 0.3 is 5.97 Å². The number of nitrogens with zero attached hydrogens (tertiary/aromatic N) is 1. The Kier molecular flexibility index (Phi) is 3.99. The van der Waals surface area contributed by atoms with Gasteiger partial charge in [-0.15, -0.1) is 0 Å². The fourth-order valence-electron chi connectivity index (χ4n) is 2.53. The van der Waals surface area contributed by atoms with E-state index in [4.69, 9.17) is 9.84 Å². The average molecular weight is 241 g/mol. The van der Waals surface area contributed by atoms with E-state index in [1.54, 1.807) is 4.90 Å². The minimum Gasteiger partial charge on any atom is -0.481 e. The Morgan fingerprint density at radius 2 is 2.12 bits per heavy atom.